The fraction of sp³-hybridized carbons (Fsp3) is 0.417. The largest absolute Gasteiger partial charge is 0.377 e. The van der Waals surface area contributed by atoms with Gasteiger partial charge in [-0.3, -0.25) is 0 Å². The van der Waals surface area contributed by atoms with Gasteiger partial charge < -0.3 is 24.0 Å². The van der Waals surface area contributed by atoms with Crippen molar-refractivity contribution in [3.8, 4) is 0 Å². The Kier molecular flexibility index (Phi) is 14.7. The van der Waals surface area contributed by atoms with Crippen molar-refractivity contribution in [2.45, 2.75) is 13.1 Å². The van der Waals surface area contributed by atoms with Gasteiger partial charge in [-0.25, -0.2) is 0 Å². The maximum absolute atomic E-state index is 5.66. The van der Waals surface area contributed by atoms with E-state index in [2.05, 4.69) is 49.5 Å². The summed E-state index contributed by atoms with van der Waals surface area (Å²) in [6.07, 6.45) is 0. The summed E-state index contributed by atoms with van der Waals surface area (Å²) in [4.78, 5) is 4.03. The van der Waals surface area contributed by atoms with Gasteiger partial charge in [-0.1, -0.05) is 85.1 Å². The molecule has 33 heavy (non-hydrogen) atoms. The molecule has 180 valence electrons. The van der Waals surface area contributed by atoms with E-state index >= 15 is 0 Å². The third kappa shape index (κ3) is 12.7. The molecule has 0 radical (unpaired) electrons. The van der Waals surface area contributed by atoms with Crippen LogP contribution >= 0.6 is 49.7 Å². The summed E-state index contributed by atoms with van der Waals surface area (Å²) in [5.74, 6) is 0. The molecule has 0 atom stereocenters. The fourth-order valence-electron chi connectivity index (χ4n) is 2.98. The first-order valence-electron chi connectivity index (χ1n) is 10.8. The van der Waals surface area contributed by atoms with Crippen molar-refractivity contribution >= 4 is 58.3 Å². The van der Waals surface area contributed by atoms with Crippen LogP contribution in [0.2, 0.25) is 0 Å². The van der Waals surface area contributed by atoms with E-state index < -0.39 is 0 Å². The summed E-state index contributed by atoms with van der Waals surface area (Å²) in [6.45, 7) is 6.04. The molecule has 0 aliphatic carbocycles. The topological polar surface area (TPSA) is 34.2 Å². The molecule has 0 aromatic heterocycles. The molecule has 0 heterocycles. The molecule has 0 saturated heterocycles. The second-order valence-corrected chi connectivity index (χ2v) is 9.44. The first-order chi connectivity index (χ1) is 16.1. The van der Waals surface area contributed by atoms with Gasteiger partial charge in [0.25, 0.3) is 0 Å². The molecule has 5 nitrogen and oxygen atoms in total. The molecular formula is C24H32N2O3S4. The van der Waals surface area contributed by atoms with Crippen molar-refractivity contribution in [3.63, 3.8) is 0 Å². The number of hydrogen-bond acceptors (Lipinski definition) is 5. The SMILES string of the molecule is S=C(S)N(CCOCCOCCOCCN(Cc1ccccc1)C(=S)S)Cc1ccccc1. The minimum Gasteiger partial charge on any atom is -0.377 e. The highest BCUT2D eigenvalue weighted by molar-refractivity contribution is 8.11. The number of rotatable bonds is 16. The van der Waals surface area contributed by atoms with Crippen LogP contribution in [-0.4, -0.2) is 71.2 Å². The Morgan fingerprint density at radius 2 is 0.909 bits per heavy atom. The van der Waals surface area contributed by atoms with E-state index in [1.807, 2.05) is 46.2 Å². The van der Waals surface area contributed by atoms with Gasteiger partial charge >= 0.3 is 0 Å². The van der Waals surface area contributed by atoms with Gasteiger partial charge in [0, 0.05) is 26.2 Å². The van der Waals surface area contributed by atoms with Gasteiger partial charge in [0.2, 0.25) is 0 Å². The Balaban J connectivity index is 1.47. The molecule has 9 heteroatoms. The first-order valence-corrected chi connectivity index (χ1v) is 12.5. The third-order valence-corrected chi connectivity index (χ3v) is 5.81. The summed E-state index contributed by atoms with van der Waals surface area (Å²) in [6, 6.07) is 20.4. The van der Waals surface area contributed by atoms with Crippen molar-refractivity contribution in [1.29, 1.82) is 0 Å². The number of benzene rings is 2. The van der Waals surface area contributed by atoms with Crippen LogP contribution in [0.4, 0.5) is 0 Å². The highest BCUT2D eigenvalue weighted by atomic mass is 32.1. The Labute approximate surface area is 219 Å². The maximum atomic E-state index is 5.66. The van der Waals surface area contributed by atoms with Gasteiger partial charge in [0.05, 0.1) is 39.6 Å². The average Bonchev–Trinajstić information content (AvgIpc) is 2.82. The van der Waals surface area contributed by atoms with Crippen molar-refractivity contribution < 1.29 is 14.2 Å². The number of nitrogens with zero attached hydrogens (tertiary/aromatic N) is 2. The number of thiol groups is 2. The highest BCUT2D eigenvalue weighted by Gasteiger charge is 2.08. The first kappa shape index (κ1) is 28.0. The molecule has 0 fully saturated rings. The zero-order valence-electron chi connectivity index (χ0n) is 18.7. The maximum Gasteiger partial charge on any atom is 0.133 e. The fourth-order valence-corrected chi connectivity index (χ4v) is 3.64. The highest BCUT2D eigenvalue weighted by Crippen LogP contribution is 2.08. The second kappa shape index (κ2) is 17.3. The van der Waals surface area contributed by atoms with Crippen LogP contribution in [0.25, 0.3) is 0 Å². The van der Waals surface area contributed by atoms with E-state index in [0.29, 0.717) is 61.4 Å². The predicted octanol–water partition coefficient (Wildman–Crippen LogP) is 4.47. The Hall–Kier alpha value is -1.20. The van der Waals surface area contributed by atoms with Crippen LogP contribution in [0, 0.1) is 0 Å². The van der Waals surface area contributed by atoms with Gasteiger partial charge in [-0.15, -0.1) is 25.3 Å². The molecule has 0 N–H and O–H groups in total. The van der Waals surface area contributed by atoms with Crippen LogP contribution in [0.1, 0.15) is 11.1 Å². The molecule has 0 amide bonds. The predicted molar refractivity (Wildman–Crippen MR) is 149 cm³/mol. The molecular weight excluding hydrogens is 493 g/mol. The lowest BCUT2D eigenvalue weighted by atomic mass is 10.2. The minimum absolute atomic E-state index is 0.522. The monoisotopic (exact) mass is 524 g/mol. The quantitative estimate of drug-likeness (QED) is 0.191. The van der Waals surface area contributed by atoms with Crippen molar-refractivity contribution in [1.82, 2.24) is 9.80 Å². The molecule has 0 aliphatic heterocycles. The number of thiocarbonyl (C=S) groups is 2. The van der Waals surface area contributed by atoms with Crippen LogP contribution in [0.15, 0.2) is 60.7 Å². The van der Waals surface area contributed by atoms with E-state index in [1.165, 1.54) is 11.1 Å². The lowest BCUT2D eigenvalue weighted by Gasteiger charge is -2.23. The summed E-state index contributed by atoms with van der Waals surface area (Å²) in [5, 5.41) is 0. The molecule has 2 aromatic carbocycles. The van der Waals surface area contributed by atoms with Gasteiger partial charge in [-0.2, -0.15) is 0 Å². The Morgan fingerprint density at radius 3 is 1.24 bits per heavy atom. The van der Waals surface area contributed by atoms with E-state index in [4.69, 9.17) is 38.6 Å². The normalized spacial score (nSPS) is 10.7. The number of hydrogen-bond donors (Lipinski definition) is 2. The van der Waals surface area contributed by atoms with E-state index in [1.54, 1.807) is 0 Å². The molecule has 2 rings (SSSR count). The average molecular weight is 525 g/mol. The smallest absolute Gasteiger partial charge is 0.133 e. The zero-order valence-corrected chi connectivity index (χ0v) is 22.1. The van der Waals surface area contributed by atoms with Gasteiger partial charge in [0.15, 0.2) is 0 Å². The second-order valence-electron chi connectivity index (χ2n) is 7.22. The molecule has 0 bridgehead atoms. The summed E-state index contributed by atoms with van der Waals surface area (Å²) < 4.78 is 18.0. The molecule has 0 saturated carbocycles. The molecule has 2 aromatic rings. The van der Waals surface area contributed by atoms with Crippen LogP contribution in [0.5, 0.6) is 0 Å². The van der Waals surface area contributed by atoms with E-state index in [9.17, 15) is 0 Å². The lowest BCUT2D eigenvalue weighted by Crippen LogP contribution is -2.30. The summed E-state index contributed by atoms with van der Waals surface area (Å²) in [7, 11) is 0. The Bertz CT molecular complexity index is 744. The molecule has 0 aliphatic rings. The van der Waals surface area contributed by atoms with Crippen LogP contribution in [0.3, 0.4) is 0 Å². The lowest BCUT2D eigenvalue weighted by molar-refractivity contribution is 0.0112. The minimum atomic E-state index is 0.522. The Morgan fingerprint density at radius 1 is 0.576 bits per heavy atom. The van der Waals surface area contributed by atoms with Crippen LogP contribution in [-0.2, 0) is 27.3 Å². The van der Waals surface area contributed by atoms with Crippen molar-refractivity contribution in [2.75, 3.05) is 52.7 Å². The van der Waals surface area contributed by atoms with Gasteiger partial charge in [-0.05, 0) is 11.1 Å². The molecule has 0 spiro atoms. The van der Waals surface area contributed by atoms with Crippen molar-refractivity contribution in [2.24, 2.45) is 0 Å². The standard InChI is InChI=1S/C24H32N2O3S4/c30-23(31)25(19-21-7-3-1-4-8-21)11-13-27-15-17-29-18-16-28-14-12-26(24(32)33)20-22-9-5-2-6-10-22/h1-10H,11-20H2,(H,30,31)(H,32,33). The third-order valence-electron chi connectivity index (χ3n) is 4.73. The van der Waals surface area contributed by atoms with Crippen LogP contribution < -0.4 is 0 Å². The summed E-state index contributed by atoms with van der Waals surface area (Å²) >= 11 is 19.1. The molecule has 0 unspecified atom stereocenters. The van der Waals surface area contributed by atoms with Gasteiger partial charge in [0.1, 0.15) is 8.64 Å². The zero-order chi connectivity index (χ0) is 23.7. The number of ether oxygens (including phenoxy) is 3. The van der Waals surface area contributed by atoms with Crippen molar-refractivity contribution in [3.05, 3.63) is 71.8 Å². The van der Waals surface area contributed by atoms with E-state index in [0.717, 1.165) is 13.1 Å². The van der Waals surface area contributed by atoms with E-state index in [-0.39, 0.29) is 0 Å². The summed E-state index contributed by atoms with van der Waals surface area (Å²) in [5.41, 5.74) is 2.38.